The van der Waals surface area contributed by atoms with Crippen molar-refractivity contribution in [1.82, 2.24) is 9.88 Å². The molecule has 1 unspecified atom stereocenters. The van der Waals surface area contributed by atoms with E-state index in [0.717, 1.165) is 16.5 Å². The fourth-order valence-corrected chi connectivity index (χ4v) is 4.83. The molecule has 8 heteroatoms. The number of hydrogen-bond donors (Lipinski definition) is 3. The average Bonchev–Trinajstić information content (AvgIpc) is 3.45. The van der Waals surface area contributed by atoms with Crippen molar-refractivity contribution >= 4 is 28.4 Å². The summed E-state index contributed by atoms with van der Waals surface area (Å²) in [7, 11) is 2.96. The van der Waals surface area contributed by atoms with E-state index in [1.165, 1.54) is 31.3 Å². The maximum atomic E-state index is 13.3. The van der Waals surface area contributed by atoms with E-state index in [4.69, 9.17) is 9.47 Å². The fraction of sp³-hybridized carbons (Fsp3) is 0.172. The summed E-state index contributed by atoms with van der Waals surface area (Å²) in [4.78, 5) is 31.4. The highest BCUT2D eigenvalue weighted by Gasteiger charge is 2.46. The van der Waals surface area contributed by atoms with Crippen molar-refractivity contribution in [3.05, 3.63) is 95.2 Å². The number of ketones is 1. The Hall–Kier alpha value is -4.72. The third kappa shape index (κ3) is 4.27. The van der Waals surface area contributed by atoms with Crippen molar-refractivity contribution in [2.45, 2.75) is 12.5 Å². The molecule has 1 saturated heterocycles. The van der Waals surface area contributed by atoms with Gasteiger partial charge >= 0.3 is 0 Å². The summed E-state index contributed by atoms with van der Waals surface area (Å²) in [5.74, 6) is -0.963. The summed E-state index contributed by atoms with van der Waals surface area (Å²) >= 11 is 0. The molecule has 1 aromatic heterocycles. The second kappa shape index (κ2) is 9.73. The van der Waals surface area contributed by atoms with Crippen molar-refractivity contribution in [3.8, 4) is 17.2 Å². The van der Waals surface area contributed by atoms with Crippen LogP contribution >= 0.6 is 0 Å². The zero-order chi connectivity index (χ0) is 26.1. The van der Waals surface area contributed by atoms with Gasteiger partial charge in [-0.1, -0.05) is 30.3 Å². The number of carbonyl (C=O) groups excluding carboxylic acids is 2. The van der Waals surface area contributed by atoms with Gasteiger partial charge in [0.15, 0.2) is 0 Å². The first kappa shape index (κ1) is 24.0. The molecule has 1 amide bonds. The topological polar surface area (TPSA) is 112 Å². The number of aromatic hydroxyl groups is 1. The van der Waals surface area contributed by atoms with Crippen molar-refractivity contribution in [1.29, 1.82) is 0 Å². The largest absolute Gasteiger partial charge is 0.508 e. The normalized spacial score (nSPS) is 16.9. The van der Waals surface area contributed by atoms with Crippen LogP contribution in [0.5, 0.6) is 17.2 Å². The number of benzene rings is 3. The molecule has 1 fully saturated rings. The van der Waals surface area contributed by atoms with E-state index in [1.807, 2.05) is 30.5 Å². The monoisotopic (exact) mass is 498 g/mol. The molecule has 5 rings (SSSR count). The van der Waals surface area contributed by atoms with Crippen LogP contribution in [0.15, 0.2) is 78.5 Å². The number of Topliss-reactive ketones (excluding diaryl/α,β-unsaturated/α-hetero) is 1. The number of fused-ring (bicyclic) bond motifs is 1. The number of H-pyrrole nitrogens is 1. The van der Waals surface area contributed by atoms with E-state index >= 15 is 0 Å². The smallest absolute Gasteiger partial charge is 0.295 e. The lowest BCUT2D eigenvalue weighted by Crippen LogP contribution is -2.31. The Morgan fingerprint density at radius 2 is 1.76 bits per heavy atom. The SMILES string of the molecule is COc1ccc(/C(O)=C2\C(=O)C(=O)N(CCc3c[nH]c4ccccc34)C2c2ccc(O)cc2)c(OC)c1. The Labute approximate surface area is 213 Å². The highest BCUT2D eigenvalue weighted by molar-refractivity contribution is 6.46. The van der Waals surface area contributed by atoms with Crippen LogP contribution in [0, 0.1) is 0 Å². The predicted octanol–water partition coefficient (Wildman–Crippen LogP) is 4.56. The predicted molar refractivity (Wildman–Crippen MR) is 139 cm³/mol. The second-order valence-corrected chi connectivity index (χ2v) is 8.76. The number of aromatic nitrogens is 1. The van der Waals surface area contributed by atoms with Crippen molar-refractivity contribution in [2.24, 2.45) is 0 Å². The number of ether oxygens (including phenoxy) is 2. The van der Waals surface area contributed by atoms with Crippen LogP contribution in [-0.2, 0) is 16.0 Å². The van der Waals surface area contributed by atoms with Crippen molar-refractivity contribution in [3.63, 3.8) is 0 Å². The number of carbonyl (C=O) groups is 2. The van der Waals surface area contributed by atoms with Gasteiger partial charge in [-0.3, -0.25) is 9.59 Å². The molecule has 0 aliphatic carbocycles. The Morgan fingerprint density at radius 3 is 2.49 bits per heavy atom. The van der Waals surface area contributed by atoms with Crippen LogP contribution in [0.1, 0.15) is 22.7 Å². The number of methoxy groups -OCH3 is 2. The van der Waals surface area contributed by atoms with Gasteiger partial charge in [-0.2, -0.15) is 0 Å². The van der Waals surface area contributed by atoms with Crippen LogP contribution in [0.4, 0.5) is 0 Å². The summed E-state index contributed by atoms with van der Waals surface area (Å²) in [6.07, 6.45) is 2.40. The first-order valence-corrected chi connectivity index (χ1v) is 11.8. The molecule has 188 valence electrons. The summed E-state index contributed by atoms with van der Waals surface area (Å²) in [5, 5.41) is 22.3. The summed E-state index contributed by atoms with van der Waals surface area (Å²) in [6.45, 7) is 0.245. The minimum Gasteiger partial charge on any atom is -0.508 e. The molecule has 8 nitrogen and oxygen atoms in total. The maximum absolute atomic E-state index is 13.3. The number of para-hydroxylation sites is 1. The highest BCUT2D eigenvalue weighted by Crippen LogP contribution is 2.42. The standard InChI is InChI=1S/C29H26N2O6/c1-36-20-11-12-22(24(15-20)37-2)27(33)25-26(17-7-9-19(32)10-8-17)31(29(35)28(25)34)14-13-18-16-30-23-6-4-3-5-21(18)23/h3-12,15-16,26,30,32-33H,13-14H2,1-2H3/b27-25+. The molecule has 0 bridgehead atoms. The van der Waals surface area contributed by atoms with Crippen LogP contribution in [0.3, 0.4) is 0 Å². The van der Waals surface area contributed by atoms with Crippen LogP contribution in [-0.4, -0.2) is 52.6 Å². The number of phenols is 1. The quantitative estimate of drug-likeness (QED) is 0.196. The van der Waals surface area contributed by atoms with Gasteiger partial charge in [-0.25, -0.2) is 0 Å². The van der Waals surface area contributed by atoms with E-state index in [-0.39, 0.29) is 29.2 Å². The molecule has 0 spiro atoms. The molecule has 37 heavy (non-hydrogen) atoms. The number of nitrogens with one attached hydrogen (secondary N) is 1. The number of aromatic amines is 1. The summed E-state index contributed by atoms with van der Waals surface area (Å²) in [6, 6.07) is 18.1. The Kier molecular flexibility index (Phi) is 6.31. The van der Waals surface area contributed by atoms with E-state index in [9.17, 15) is 19.8 Å². The molecule has 0 saturated carbocycles. The molecular weight excluding hydrogens is 472 g/mol. The summed E-state index contributed by atoms with van der Waals surface area (Å²) < 4.78 is 10.7. The number of hydrogen-bond acceptors (Lipinski definition) is 6. The maximum Gasteiger partial charge on any atom is 0.295 e. The first-order valence-electron chi connectivity index (χ1n) is 11.8. The number of likely N-dealkylation sites (tertiary alicyclic amines) is 1. The first-order chi connectivity index (χ1) is 17.9. The third-order valence-corrected chi connectivity index (χ3v) is 6.71. The van der Waals surface area contributed by atoms with Crippen molar-refractivity contribution < 1.29 is 29.3 Å². The van der Waals surface area contributed by atoms with Crippen LogP contribution in [0.2, 0.25) is 0 Å². The van der Waals surface area contributed by atoms with Crippen molar-refractivity contribution in [2.75, 3.05) is 20.8 Å². The molecule has 1 aliphatic heterocycles. The molecule has 3 N–H and O–H groups in total. The third-order valence-electron chi connectivity index (χ3n) is 6.71. The molecule has 0 radical (unpaired) electrons. The number of nitrogens with zero attached hydrogens (tertiary/aromatic N) is 1. The highest BCUT2D eigenvalue weighted by atomic mass is 16.5. The average molecular weight is 499 g/mol. The van der Waals surface area contributed by atoms with Crippen LogP contribution < -0.4 is 9.47 Å². The van der Waals surface area contributed by atoms with Gasteiger partial charge in [0.05, 0.1) is 31.4 Å². The Balaban J connectivity index is 1.59. The van der Waals surface area contributed by atoms with E-state index in [1.54, 1.807) is 30.3 Å². The van der Waals surface area contributed by atoms with E-state index in [0.29, 0.717) is 23.5 Å². The minimum atomic E-state index is -0.849. The Morgan fingerprint density at radius 1 is 1.00 bits per heavy atom. The van der Waals surface area contributed by atoms with Gasteiger partial charge in [-0.05, 0) is 47.9 Å². The lowest BCUT2D eigenvalue weighted by atomic mass is 9.94. The van der Waals surface area contributed by atoms with Gasteiger partial charge in [0, 0.05) is 29.7 Å². The van der Waals surface area contributed by atoms with Gasteiger partial charge in [0.1, 0.15) is 23.0 Å². The number of rotatable bonds is 7. The van der Waals surface area contributed by atoms with Gasteiger partial charge < -0.3 is 29.6 Å². The lowest BCUT2D eigenvalue weighted by Gasteiger charge is -2.25. The molecule has 4 aromatic rings. The number of aliphatic hydroxyl groups is 1. The zero-order valence-electron chi connectivity index (χ0n) is 20.4. The number of phenolic OH excluding ortho intramolecular Hbond substituents is 1. The lowest BCUT2D eigenvalue weighted by molar-refractivity contribution is -0.139. The minimum absolute atomic E-state index is 0.0434. The van der Waals surface area contributed by atoms with Gasteiger partial charge in [0.2, 0.25) is 0 Å². The van der Waals surface area contributed by atoms with Gasteiger partial charge in [-0.15, -0.1) is 0 Å². The zero-order valence-corrected chi connectivity index (χ0v) is 20.4. The fourth-order valence-electron chi connectivity index (χ4n) is 4.83. The van der Waals surface area contributed by atoms with E-state index in [2.05, 4.69) is 4.98 Å². The molecule has 3 aromatic carbocycles. The molecule has 2 heterocycles. The Bertz CT molecular complexity index is 1520. The molecular formula is C29H26N2O6. The summed E-state index contributed by atoms with van der Waals surface area (Å²) in [5.41, 5.74) is 2.81. The van der Waals surface area contributed by atoms with E-state index < -0.39 is 17.7 Å². The van der Waals surface area contributed by atoms with Gasteiger partial charge in [0.25, 0.3) is 11.7 Å². The second-order valence-electron chi connectivity index (χ2n) is 8.76. The van der Waals surface area contributed by atoms with Crippen LogP contribution in [0.25, 0.3) is 16.7 Å². The number of amides is 1. The number of aliphatic hydroxyl groups excluding tert-OH is 1. The molecule has 1 aliphatic rings. The molecule has 1 atom stereocenters.